The number of carbonyl (C=O) groups is 4. The van der Waals surface area contributed by atoms with Crippen molar-refractivity contribution in [2.45, 2.75) is 0 Å². The molecule has 0 atom stereocenters. The molecule has 10 heteroatoms. The maximum Gasteiger partial charge on any atom is 0.337 e. The van der Waals surface area contributed by atoms with Crippen LogP contribution in [0, 0.1) is 17.5 Å². The molecule has 0 saturated carbocycles. The summed E-state index contributed by atoms with van der Waals surface area (Å²) in [5.74, 6) is -9.47. The van der Waals surface area contributed by atoms with Gasteiger partial charge < -0.3 is 10.2 Å². The van der Waals surface area contributed by atoms with Crippen LogP contribution >= 0.6 is 0 Å². The summed E-state index contributed by atoms with van der Waals surface area (Å²) in [6, 6.07) is 7.90. The minimum Gasteiger partial charge on any atom is -0.478 e. The number of carbonyl (C=O) groups excluding carboxylic acids is 2. The highest BCUT2D eigenvalue weighted by Gasteiger charge is 2.39. The Kier molecular flexibility index (Phi) is 4.77. The van der Waals surface area contributed by atoms with Crippen molar-refractivity contribution in [3.63, 3.8) is 0 Å². The fraction of sp³-hybridized carbons (Fsp3) is 0. The number of halogens is 3. The molecule has 1 heterocycles. The van der Waals surface area contributed by atoms with Gasteiger partial charge in [-0.05, 0) is 48.0 Å². The van der Waals surface area contributed by atoms with Crippen LogP contribution < -0.4 is 4.90 Å². The maximum atomic E-state index is 14.3. The molecule has 1 aliphatic heterocycles. The molecule has 0 spiro atoms. The zero-order valence-corrected chi connectivity index (χ0v) is 15.7. The van der Waals surface area contributed by atoms with E-state index in [-0.39, 0.29) is 22.3 Å². The molecule has 32 heavy (non-hydrogen) atoms. The Hall–Kier alpha value is -4.47. The Bertz CT molecular complexity index is 1370. The number of imide groups is 1. The number of carboxylic acid groups (broad SMARTS) is 2. The highest BCUT2D eigenvalue weighted by molar-refractivity contribution is 6.35. The number of amides is 2. The van der Waals surface area contributed by atoms with Crippen molar-refractivity contribution in [1.82, 2.24) is 0 Å². The minimum atomic E-state index is -1.74. The van der Waals surface area contributed by atoms with Gasteiger partial charge in [0.05, 0.1) is 27.9 Å². The predicted molar refractivity (Wildman–Crippen MR) is 103 cm³/mol. The summed E-state index contributed by atoms with van der Waals surface area (Å²) in [4.78, 5) is 49.2. The lowest BCUT2D eigenvalue weighted by Crippen LogP contribution is -2.31. The summed E-state index contributed by atoms with van der Waals surface area (Å²) in [6.45, 7) is 0. The zero-order chi connectivity index (χ0) is 23.3. The third-order valence-corrected chi connectivity index (χ3v) is 4.95. The minimum absolute atomic E-state index is 0.121. The van der Waals surface area contributed by atoms with Crippen molar-refractivity contribution in [3.8, 4) is 11.1 Å². The SMILES string of the molecule is O=C(O)c1ccc2c(c1)C(=O)N(c1cc(-c3ccc(F)c(F)c3F)ccc1C(=O)O)C2=O. The topological polar surface area (TPSA) is 112 Å². The van der Waals surface area contributed by atoms with E-state index in [2.05, 4.69) is 0 Å². The third-order valence-electron chi connectivity index (χ3n) is 4.95. The Morgan fingerprint density at radius 1 is 0.719 bits per heavy atom. The molecule has 4 rings (SSSR count). The molecule has 2 N–H and O–H groups in total. The number of carboxylic acids is 2. The van der Waals surface area contributed by atoms with Gasteiger partial charge in [-0.3, -0.25) is 9.59 Å². The van der Waals surface area contributed by atoms with E-state index in [0.717, 1.165) is 42.5 Å². The van der Waals surface area contributed by atoms with Crippen LogP contribution in [-0.2, 0) is 0 Å². The summed E-state index contributed by atoms with van der Waals surface area (Å²) in [7, 11) is 0. The van der Waals surface area contributed by atoms with Crippen molar-refractivity contribution in [1.29, 1.82) is 0 Å². The van der Waals surface area contributed by atoms with Gasteiger partial charge in [-0.25, -0.2) is 27.7 Å². The van der Waals surface area contributed by atoms with Gasteiger partial charge in [0.2, 0.25) is 0 Å². The molecule has 2 amide bonds. The van der Waals surface area contributed by atoms with E-state index >= 15 is 0 Å². The fourth-order valence-electron chi connectivity index (χ4n) is 3.41. The number of hydrogen-bond donors (Lipinski definition) is 2. The Balaban J connectivity index is 1.89. The quantitative estimate of drug-likeness (QED) is 0.468. The summed E-state index contributed by atoms with van der Waals surface area (Å²) in [5.41, 5.74) is -2.15. The molecule has 0 bridgehead atoms. The largest absolute Gasteiger partial charge is 0.478 e. The van der Waals surface area contributed by atoms with E-state index in [9.17, 15) is 37.5 Å². The molecule has 0 aromatic heterocycles. The third kappa shape index (κ3) is 3.09. The van der Waals surface area contributed by atoms with E-state index in [1.54, 1.807) is 0 Å². The first-order valence-corrected chi connectivity index (χ1v) is 8.89. The number of aromatic carboxylic acids is 2. The lowest BCUT2D eigenvalue weighted by Gasteiger charge is -2.18. The monoisotopic (exact) mass is 441 g/mol. The van der Waals surface area contributed by atoms with Crippen LogP contribution in [0.5, 0.6) is 0 Å². The first-order chi connectivity index (χ1) is 15.1. The highest BCUT2D eigenvalue weighted by atomic mass is 19.2. The van der Waals surface area contributed by atoms with Crippen LogP contribution in [0.15, 0.2) is 48.5 Å². The number of hydrogen-bond acceptors (Lipinski definition) is 4. The summed E-state index contributed by atoms with van der Waals surface area (Å²) in [5, 5.41) is 18.6. The molecule has 0 radical (unpaired) electrons. The standard InChI is InChI=1S/C22H10F3NO6/c23-15-6-5-11(17(24)18(15)25)9-1-4-13(22(31)32)16(8-9)26-19(27)12-3-2-10(21(29)30)7-14(12)20(26)28/h1-8H,(H,29,30)(H,31,32). The summed E-state index contributed by atoms with van der Waals surface area (Å²) >= 11 is 0. The summed E-state index contributed by atoms with van der Waals surface area (Å²) in [6.07, 6.45) is 0. The molecular formula is C22H10F3NO6. The number of fused-ring (bicyclic) bond motifs is 1. The average molecular weight is 441 g/mol. The van der Waals surface area contributed by atoms with Crippen LogP contribution in [-0.4, -0.2) is 34.0 Å². The Labute approximate surface area is 176 Å². The number of anilines is 1. The number of nitrogens with zero attached hydrogens (tertiary/aromatic N) is 1. The van der Waals surface area contributed by atoms with Gasteiger partial charge in [-0.1, -0.05) is 6.07 Å². The maximum absolute atomic E-state index is 14.3. The van der Waals surface area contributed by atoms with Gasteiger partial charge in [0.25, 0.3) is 11.8 Å². The first kappa shape index (κ1) is 20.8. The molecule has 1 aliphatic rings. The molecule has 160 valence electrons. The highest BCUT2D eigenvalue weighted by Crippen LogP contribution is 2.35. The average Bonchev–Trinajstić information content (AvgIpc) is 3.01. The number of benzene rings is 3. The van der Waals surface area contributed by atoms with Crippen LogP contribution in [0.4, 0.5) is 18.9 Å². The molecule has 0 fully saturated rings. The van der Waals surface area contributed by atoms with Gasteiger partial charge in [-0.2, -0.15) is 0 Å². The van der Waals surface area contributed by atoms with Gasteiger partial charge in [0.15, 0.2) is 17.5 Å². The lowest BCUT2D eigenvalue weighted by atomic mass is 10.0. The molecule has 0 saturated heterocycles. The molecule has 3 aromatic carbocycles. The second kappa shape index (κ2) is 7.34. The normalized spacial score (nSPS) is 12.8. The molecular weight excluding hydrogens is 431 g/mol. The van der Waals surface area contributed by atoms with E-state index in [0.29, 0.717) is 11.0 Å². The second-order valence-electron chi connectivity index (χ2n) is 6.77. The molecule has 3 aromatic rings. The van der Waals surface area contributed by atoms with Gasteiger partial charge in [0.1, 0.15) is 0 Å². The predicted octanol–water partition coefficient (Wildman–Crippen LogP) is 3.97. The van der Waals surface area contributed by atoms with Crippen molar-refractivity contribution >= 4 is 29.4 Å². The van der Waals surface area contributed by atoms with Gasteiger partial charge in [0, 0.05) is 5.56 Å². The van der Waals surface area contributed by atoms with Crippen LogP contribution in [0.1, 0.15) is 41.4 Å². The van der Waals surface area contributed by atoms with Crippen molar-refractivity contribution in [3.05, 3.63) is 88.2 Å². The smallest absolute Gasteiger partial charge is 0.337 e. The number of rotatable bonds is 4. The van der Waals surface area contributed by atoms with Crippen molar-refractivity contribution < 1.29 is 42.6 Å². The van der Waals surface area contributed by atoms with Crippen LogP contribution in [0.2, 0.25) is 0 Å². The first-order valence-electron chi connectivity index (χ1n) is 8.89. The van der Waals surface area contributed by atoms with E-state index in [4.69, 9.17) is 5.11 Å². The van der Waals surface area contributed by atoms with E-state index in [1.165, 1.54) is 0 Å². The van der Waals surface area contributed by atoms with Gasteiger partial charge >= 0.3 is 11.9 Å². The lowest BCUT2D eigenvalue weighted by molar-refractivity contribution is 0.0686. The summed E-state index contributed by atoms with van der Waals surface area (Å²) < 4.78 is 41.2. The fourth-order valence-corrected chi connectivity index (χ4v) is 3.41. The Morgan fingerprint density at radius 3 is 2.03 bits per heavy atom. The van der Waals surface area contributed by atoms with Crippen molar-refractivity contribution in [2.75, 3.05) is 4.90 Å². The zero-order valence-electron chi connectivity index (χ0n) is 15.7. The molecule has 0 unspecified atom stereocenters. The van der Waals surface area contributed by atoms with Crippen LogP contribution in [0.25, 0.3) is 11.1 Å². The van der Waals surface area contributed by atoms with E-state index in [1.807, 2.05) is 0 Å². The van der Waals surface area contributed by atoms with Crippen LogP contribution in [0.3, 0.4) is 0 Å². The van der Waals surface area contributed by atoms with Gasteiger partial charge in [-0.15, -0.1) is 0 Å². The van der Waals surface area contributed by atoms with Crippen molar-refractivity contribution in [2.24, 2.45) is 0 Å². The Morgan fingerprint density at radius 2 is 1.38 bits per heavy atom. The molecule has 7 nitrogen and oxygen atoms in total. The van der Waals surface area contributed by atoms with E-state index < -0.39 is 58.0 Å². The second-order valence-corrected chi connectivity index (χ2v) is 6.77. The molecule has 0 aliphatic carbocycles.